The van der Waals surface area contributed by atoms with Crippen molar-refractivity contribution < 1.29 is 0 Å². The number of para-hydroxylation sites is 4. The lowest BCUT2D eigenvalue weighted by Crippen LogP contribution is -2.16. The summed E-state index contributed by atoms with van der Waals surface area (Å²) in [6.45, 7) is 4.79. The normalized spacial score (nSPS) is 12.8. The summed E-state index contributed by atoms with van der Waals surface area (Å²) in [4.78, 5) is 2.43. The standard InChI is InChI=1S/C67H47N3/c1-67(2)61-42-47(46-30-40-66-60(41-46)59-22-10-13-26-65(59)69(66)48-17-4-3-5-18-48)29-38-55(61)56-39-37-52(43-62(56)67)68(49-31-27-45(28-32-49)54-23-14-16-44-15-6-7-19-53(44)54)50-33-35-51(36-34-50)70-63-24-11-8-20-57(63)58-21-9-12-25-64(58)70/h3-43H,1-2H3. The van der Waals surface area contributed by atoms with Gasteiger partial charge >= 0.3 is 0 Å². The number of hydrogen-bond donors (Lipinski definition) is 0. The molecule has 0 radical (unpaired) electrons. The third-order valence-corrected chi connectivity index (χ3v) is 15.1. The zero-order valence-corrected chi connectivity index (χ0v) is 39.0. The lowest BCUT2D eigenvalue weighted by Gasteiger charge is -2.28. The minimum atomic E-state index is -0.242. The van der Waals surface area contributed by atoms with E-state index in [4.69, 9.17) is 0 Å². The second-order valence-corrected chi connectivity index (χ2v) is 19.3. The predicted octanol–water partition coefficient (Wildman–Crippen LogP) is 18.1. The highest BCUT2D eigenvalue weighted by molar-refractivity contribution is 6.11. The molecule has 13 aromatic rings. The van der Waals surface area contributed by atoms with Gasteiger partial charge in [0.2, 0.25) is 0 Å². The molecule has 0 spiro atoms. The molecule has 3 nitrogen and oxygen atoms in total. The quantitative estimate of drug-likeness (QED) is 0.155. The van der Waals surface area contributed by atoms with E-state index in [1.165, 1.54) is 105 Å². The van der Waals surface area contributed by atoms with Crippen molar-refractivity contribution in [3.05, 3.63) is 260 Å². The fourth-order valence-corrected chi connectivity index (χ4v) is 11.7. The van der Waals surface area contributed by atoms with Crippen molar-refractivity contribution in [3.8, 4) is 44.8 Å². The molecule has 330 valence electrons. The van der Waals surface area contributed by atoms with Gasteiger partial charge in [0.05, 0.1) is 22.1 Å². The molecule has 1 aliphatic carbocycles. The molecule has 1 aliphatic rings. The number of anilines is 3. The van der Waals surface area contributed by atoms with Gasteiger partial charge in [-0.25, -0.2) is 0 Å². The largest absolute Gasteiger partial charge is 0.310 e. The number of benzene rings is 11. The lowest BCUT2D eigenvalue weighted by atomic mass is 9.81. The van der Waals surface area contributed by atoms with Crippen molar-refractivity contribution in [1.29, 1.82) is 0 Å². The topological polar surface area (TPSA) is 13.1 Å². The molecule has 0 saturated heterocycles. The van der Waals surface area contributed by atoms with Crippen LogP contribution in [0.3, 0.4) is 0 Å². The van der Waals surface area contributed by atoms with E-state index in [1.54, 1.807) is 0 Å². The first-order valence-corrected chi connectivity index (χ1v) is 24.3. The van der Waals surface area contributed by atoms with Crippen molar-refractivity contribution >= 4 is 71.4 Å². The van der Waals surface area contributed by atoms with Crippen LogP contribution in [0, 0.1) is 0 Å². The average molecular weight is 894 g/mol. The third kappa shape index (κ3) is 6.15. The number of hydrogen-bond acceptors (Lipinski definition) is 1. The van der Waals surface area contributed by atoms with Gasteiger partial charge in [-0.3, -0.25) is 0 Å². The Morgan fingerprint density at radius 1 is 0.300 bits per heavy atom. The van der Waals surface area contributed by atoms with E-state index in [9.17, 15) is 0 Å². The zero-order chi connectivity index (χ0) is 46.5. The molecule has 2 aromatic heterocycles. The number of rotatable bonds is 7. The van der Waals surface area contributed by atoms with E-state index in [1.807, 2.05) is 0 Å². The first kappa shape index (κ1) is 40.2. The summed E-state index contributed by atoms with van der Waals surface area (Å²) >= 11 is 0. The SMILES string of the molecule is CC1(C)c2cc(-c3ccc4c(c3)c3ccccc3n4-c3ccccc3)ccc2-c2ccc(N(c3ccc(-c4cccc5ccccc45)cc3)c3ccc(-n4c5ccccc5c5ccccc54)cc3)cc21. The van der Waals surface area contributed by atoms with Gasteiger partial charge in [0.25, 0.3) is 0 Å². The number of fused-ring (bicyclic) bond motifs is 10. The molecule has 11 aromatic carbocycles. The minimum Gasteiger partial charge on any atom is -0.310 e. The molecule has 14 rings (SSSR count). The zero-order valence-electron chi connectivity index (χ0n) is 39.0. The van der Waals surface area contributed by atoms with E-state index in [2.05, 4.69) is 277 Å². The summed E-state index contributed by atoms with van der Waals surface area (Å²) < 4.78 is 4.78. The maximum atomic E-state index is 2.45. The predicted molar refractivity (Wildman–Crippen MR) is 296 cm³/mol. The van der Waals surface area contributed by atoms with E-state index in [-0.39, 0.29) is 5.41 Å². The summed E-state index contributed by atoms with van der Waals surface area (Å²) in [7, 11) is 0. The average Bonchev–Trinajstić information content (AvgIpc) is 4.01. The molecular weight excluding hydrogens is 847 g/mol. The summed E-state index contributed by atoms with van der Waals surface area (Å²) in [6, 6.07) is 91.6. The smallest absolute Gasteiger partial charge is 0.0541 e. The van der Waals surface area contributed by atoms with Gasteiger partial charge in [-0.05, 0) is 152 Å². The van der Waals surface area contributed by atoms with Gasteiger partial charge in [-0.1, -0.05) is 166 Å². The summed E-state index contributed by atoms with van der Waals surface area (Å²) in [6.07, 6.45) is 0. The molecule has 0 amide bonds. The molecule has 70 heavy (non-hydrogen) atoms. The van der Waals surface area contributed by atoms with Crippen LogP contribution in [0.25, 0.3) is 99.1 Å². The molecule has 0 N–H and O–H groups in total. The Balaban J connectivity index is 0.866. The van der Waals surface area contributed by atoms with Crippen LogP contribution in [-0.2, 0) is 5.41 Å². The third-order valence-electron chi connectivity index (χ3n) is 15.1. The Hall–Kier alpha value is -8.92. The van der Waals surface area contributed by atoms with Crippen LogP contribution >= 0.6 is 0 Å². The molecule has 0 unspecified atom stereocenters. The molecule has 0 bridgehead atoms. The first-order chi connectivity index (χ1) is 34.5. The van der Waals surface area contributed by atoms with Crippen molar-refractivity contribution in [2.24, 2.45) is 0 Å². The van der Waals surface area contributed by atoms with Crippen molar-refractivity contribution in [2.45, 2.75) is 19.3 Å². The summed E-state index contributed by atoms with van der Waals surface area (Å²) in [5.41, 5.74) is 20.4. The summed E-state index contributed by atoms with van der Waals surface area (Å²) in [5.74, 6) is 0. The maximum Gasteiger partial charge on any atom is 0.0541 e. The van der Waals surface area contributed by atoms with Gasteiger partial charge < -0.3 is 14.0 Å². The molecular formula is C67H47N3. The Labute approximate surface area is 407 Å². The molecule has 0 atom stereocenters. The summed E-state index contributed by atoms with van der Waals surface area (Å²) in [5, 5.41) is 7.55. The van der Waals surface area contributed by atoms with E-state index >= 15 is 0 Å². The maximum absolute atomic E-state index is 2.45. The van der Waals surface area contributed by atoms with Gasteiger partial charge in [0.15, 0.2) is 0 Å². The fourth-order valence-electron chi connectivity index (χ4n) is 11.7. The van der Waals surface area contributed by atoms with Crippen LogP contribution in [0.5, 0.6) is 0 Å². The van der Waals surface area contributed by atoms with Gasteiger partial charge in [-0.15, -0.1) is 0 Å². The lowest BCUT2D eigenvalue weighted by molar-refractivity contribution is 0.660. The van der Waals surface area contributed by atoms with Crippen LogP contribution in [0.4, 0.5) is 17.1 Å². The van der Waals surface area contributed by atoms with Gasteiger partial charge in [-0.2, -0.15) is 0 Å². The highest BCUT2D eigenvalue weighted by Gasteiger charge is 2.36. The fraction of sp³-hybridized carbons (Fsp3) is 0.0448. The van der Waals surface area contributed by atoms with Gasteiger partial charge in [0, 0.05) is 55.4 Å². The van der Waals surface area contributed by atoms with Crippen LogP contribution in [-0.4, -0.2) is 9.13 Å². The Morgan fingerprint density at radius 3 is 1.43 bits per heavy atom. The monoisotopic (exact) mass is 893 g/mol. The second-order valence-electron chi connectivity index (χ2n) is 19.3. The van der Waals surface area contributed by atoms with Crippen molar-refractivity contribution in [3.63, 3.8) is 0 Å². The highest BCUT2D eigenvalue weighted by atomic mass is 15.1. The first-order valence-electron chi connectivity index (χ1n) is 24.3. The highest BCUT2D eigenvalue weighted by Crippen LogP contribution is 2.52. The molecule has 2 heterocycles. The van der Waals surface area contributed by atoms with E-state index in [0.717, 1.165) is 22.7 Å². The Kier molecular flexibility index (Phi) is 8.93. The molecule has 0 fully saturated rings. The van der Waals surface area contributed by atoms with E-state index < -0.39 is 0 Å². The number of nitrogens with zero attached hydrogens (tertiary/aromatic N) is 3. The minimum absolute atomic E-state index is 0.242. The molecule has 3 heteroatoms. The van der Waals surface area contributed by atoms with Crippen molar-refractivity contribution in [1.82, 2.24) is 9.13 Å². The Bertz CT molecular complexity index is 4130. The molecule has 0 saturated carbocycles. The van der Waals surface area contributed by atoms with Crippen LogP contribution in [0.15, 0.2) is 249 Å². The Morgan fingerprint density at radius 2 is 0.757 bits per heavy atom. The second kappa shape index (κ2) is 15.6. The van der Waals surface area contributed by atoms with Crippen LogP contribution < -0.4 is 4.90 Å². The van der Waals surface area contributed by atoms with Crippen molar-refractivity contribution in [2.75, 3.05) is 4.90 Å². The van der Waals surface area contributed by atoms with Crippen LogP contribution in [0.2, 0.25) is 0 Å². The van der Waals surface area contributed by atoms with Gasteiger partial charge in [0.1, 0.15) is 0 Å². The molecule has 0 aliphatic heterocycles. The number of aromatic nitrogens is 2. The van der Waals surface area contributed by atoms with E-state index in [0.29, 0.717) is 0 Å². The van der Waals surface area contributed by atoms with Crippen LogP contribution in [0.1, 0.15) is 25.0 Å².